The lowest BCUT2D eigenvalue weighted by atomic mass is 10.2. The first-order valence-electron chi connectivity index (χ1n) is 6.21. The van der Waals surface area contributed by atoms with Gasteiger partial charge < -0.3 is 0 Å². The minimum absolute atomic E-state index is 0.108. The largest absolute Gasteiger partial charge is 0.299 e. The van der Waals surface area contributed by atoms with Gasteiger partial charge in [-0.25, -0.2) is 4.98 Å². The Labute approximate surface area is 115 Å². The normalized spacial score (nSPS) is 14.6. The zero-order chi connectivity index (χ0) is 13.2. The number of thiazole rings is 1. The first kappa shape index (κ1) is 12.3. The highest BCUT2D eigenvalue weighted by Gasteiger charge is 2.17. The molecule has 0 fully saturated rings. The van der Waals surface area contributed by atoms with Crippen LogP contribution in [0.25, 0.3) is 5.65 Å². The van der Waals surface area contributed by atoms with E-state index in [1.807, 2.05) is 40.4 Å². The van der Waals surface area contributed by atoms with Crippen molar-refractivity contribution in [3.63, 3.8) is 0 Å². The van der Waals surface area contributed by atoms with E-state index in [2.05, 4.69) is 34.3 Å². The smallest absolute Gasteiger partial charge is 0.160 e. The molecule has 0 amide bonds. The lowest BCUT2D eigenvalue weighted by Crippen LogP contribution is -2.24. The Bertz CT molecular complexity index is 661. The van der Waals surface area contributed by atoms with Crippen LogP contribution in [0.1, 0.15) is 36.8 Å². The van der Waals surface area contributed by atoms with Crippen molar-refractivity contribution in [3.8, 4) is 0 Å². The molecule has 5 nitrogen and oxygen atoms in total. The predicted octanol–water partition coefficient (Wildman–Crippen LogP) is 2.60. The Morgan fingerprint density at radius 2 is 2.11 bits per heavy atom. The Kier molecular flexibility index (Phi) is 3.27. The number of pyridine rings is 1. The topological polar surface area (TPSA) is 55.1 Å². The van der Waals surface area contributed by atoms with Crippen molar-refractivity contribution in [2.45, 2.75) is 25.9 Å². The second-order valence-corrected chi connectivity index (χ2v) is 5.39. The number of hydrogen-bond acceptors (Lipinski definition) is 5. The van der Waals surface area contributed by atoms with E-state index in [1.165, 1.54) is 0 Å². The third-order valence-electron chi connectivity index (χ3n) is 3.05. The van der Waals surface area contributed by atoms with Crippen LogP contribution in [0.5, 0.6) is 0 Å². The van der Waals surface area contributed by atoms with Gasteiger partial charge in [0.1, 0.15) is 5.01 Å². The number of nitrogens with zero attached hydrogens (tertiary/aromatic N) is 4. The molecule has 2 unspecified atom stereocenters. The second-order valence-electron chi connectivity index (χ2n) is 4.47. The van der Waals surface area contributed by atoms with Crippen LogP contribution in [0.15, 0.2) is 36.0 Å². The summed E-state index contributed by atoms with van der Waals surface area (Å²) in [5, 5.41) is 15.0. The monoisotopic (exact) mass is 273 g/mol. The van der Waals surface area contributed by atoms with Gasteiger partial charge in [-0.15, -0.1) is 21.5 Å². The molecule has 6 heteroatoms. The third-order valence-corrected chi connectivity index (χ3v) is 4.01. The molecule has 3 rings (SSSR count). The van der Waals surface area contributed by atoms with E-state index in [1.54, 1.807) is 11.3 Å². The van der Waals surface area contributed by atoms with Crippen molar-refractivity contribution >= 4 is 17.0 Å². The van der Waals surface area contributed by atoms with Gasteiger partial charge in [0.25, 0.3) is 0 Å². The molecule has 0 aliphatic heterocycles. The molecule has 0 aliphatic rings. The van der Waals surface area contributed by atoms with Gasteiger partial charge in [0.15, 0.2) is 11.5 Å². The van der Waals surface area contributed by atoms with E-state index in [-0.39, 0.29) is 12.1 Å². The van der Waals surface area contributed by atoms with Crippen molar-refractivity contribution in [3.05, 3.63) is 46.8 Å². The highest BCUT2D eigenvalue weighted by atomic mass is 32.1. The van der Waals surface area contributed by atoms with Crippen LogP contribution < -0.4 is 5.32 Å². The van der Waals surface area contributed by atoms with Gasteiger partial charge in [0, 0.05) is 17.8 Å². The van der Waals surface area contributed by atoms with Gasteiger partial charge in [-0.3, -0.25) is 9.72 Å². The molecule has 0 spiro atoms. The van der Waals surface area contributed by atoms with Crippen molar-refractivity contribution in [1.82, 2.24) is 24.9 Å². The van der Waals surface area contributed by atoms with Crippen molar-refractivity contribution in [2.24, 2.45) is 0 Å². The Balaban J connectivity index is 1.82. The molecule has 0 radical (unpaired) electrons. The predicted molar refractivity (Wildman–Crippen MR) is 75.1 cm³/mol. The standard InChI is InChI=1S/C13H15N5S/c1-9(15-10(2)13-14-6-8-19-13)12-17-16-11-5-3-4-7-18(11)12/h3-10,15H,1-2H3. The summed E-state index contributed by atoms with van der Waals surface area (Å²) in [7, 11) is 0. The van der Waals surface area contributed by atoms with Crippen LogP contribution in [0.2, 0.25) is 0 Å². The fourth-order valence-corrected chi connectivity index (χ4v) is 2.78. The zero-order valence-electron chi connectivity index (χ0n) is 10.8. The summed E-state index contributed by atoms with van der Waals surface area (Å²) in [6.45, 7) is 4.20. The highest BCUT2D eigenvalue weighted by molar-refractivity contribution is 7.09. The molecule has 19 heavy (non-hydrogen) atoms. The minimum Gasteiger partial charge on any atom is -0.299 e. The van der Waals surface area contributed by atoms with Crippen LogP contribution in [-0.4, -0.2) is 19.6 Å². The minimum atomic E-state index is 0.108. The summed E-state index contributed by atoms with van der Waals surface area (Å²) < 4.78 is 2.01. The van der Waals surface area contributed by atoms with Crippen molar-refractivity contribution in [1.29, 1.82) is 0 Å². The van der Waals surface area contributed by atoms with Crippen LogP contribution >= 0.6 is 11.3 Å². The number of fused-ring (bicyclic) bond motifs is 1. The number of rotatable bonds is 4. The molecule has 3 heterocycles. The van der Waals surface area contributed by atoms with Crippen molar-refractivity contribution in [2.75, 3.05) is 0 Å². The van der Waals surface area contributed by atoms with Gasteiger partial charge in [-0.1, -0.05) is 6.07 Å². The Morgan fingerprint density at radius 1 is 1.21 bits per heavy atom. The summed E-state index contributed by atoms with van der Waals surface area (Å²) >= 11 is 1.66. The van der Waals surface area contributed by atoms with E-state index >= 15 is 0 Å². The maximum atomic E-state index is 4.33. The first-order chi connectivity index (χ1) is 9.25. The third kappa shape index (κ3) is 2.36. The molecule has 0 saturated carbocycles. The lowest BCUT2D eigenvalue weighted by molar-refractivity contribution is 0.472. The Morgan fingerprint density at radius 3 is 2.89 bits per heavy atom. The van der Waals surface area contributed by atoms with Gasteiger partial charge in [-0.05, 0) is 26.0 Å². The molecule has 2 atom stereocenters. The summed E-state index contributed by atoms with van der Waals surface area (Å²) in [4.78, 5) is 4.33. The fraction of sp³-hybridized carbons (Fsp3) is 0.308. The zero-order valence-corrected chi connectivity index (χ0v) is 11.6. The summed E-state index contributed by atoms with van der Waals surface area (Å²) in [5.41, 5.74) is 0.869. The van der Waals surface area contributed by atoms with Gasteiger partial charge in [-0.2, -0.15) is 0 Å². The molecule has 0 saturated heterocycles. The molecule has 3 aromatic rings. The van der Waals surface area contributed by atoms with E-state index in [0.717, 1.165) is 16.5 Å². The van der Waals surface area contributed by atoms with Crippen LogP contribution in [0, 0.1) is 0 Å². The average molecular weight is 273 g/mol. The van der Waals surface area contributed by atoms with Gasteiger partial charge in [0.05, 0.1) is 12.1 Å². The Hall–Kier alpha value is -1.79. The highest BCUT2D eigenvalue weighted by Crippen LogP contribution is 2.20. The second kappa shape index (κ2) is 5.07. The molecule has 1 N–H and O–H groups in total. The maximum Gasteiger partial charge on any atom is 0.160 e. The van der Waals surface area contributed by atoms with Gasteiger partial charge >= 0.3 is 0 Å². The number of aromatic nitrogens is 4. The van der Waals surface area contributed by atoms with Crippen molar-refractivity contribution < 1.29 is 0 Å². The van der Waals surface area contributed by atoms with Crippen LogP contribution in [0.4, 0.5) is 0 Å². The molecule has 3 aromatic heterocycles. The molecular formula is C13H15N5S. The molecule has 0 bridgehead atoms. The number of nitrogens with one attached hydrogen (secondary N) is 1. The molecule has 0 aromatic carbocycles. The van der Waals surface area contributed by atoms with E-state index in [0.29, 0.717) is 0 Å². The lowest BCUT2D eigenvalue weighted by Gasteiger charge is -2.17. The van der Waals surface area contributed by atoms with E-state index in [9.17, 15) is 0 Å². The van der Waals surface area contributed by atoms with E-state index < -0.39 is 0 Å². The fourth-order valence-electron chi connectivity index (χ4n) is 2.12. The quantitative estimate of drug-likeness (QED) is 0.794. The SMILES string of the molecule is CC(NC(C)c1nnc2ccccn12)c1nccs1. The van der Waals surface area contributed by atoms with Crippen LogP contribution in [0.3, 0.4) is 0 Å². The summed E-state index contributed by atoms with van der Waals surface area (Å²) in [6, 6.07) is 6.20. The maximum absolute atomic E-state index is 4.33. The van der Waals surface area contributed by atoms with E-state index in [4.69, 9.17) is 0 Å². The molecule has 0 aliphatic carbocycles. The van der Waals surface area contributed by atoms with Gasteiger partial charge in [0.2, 0.25) is 0 Å². The first-order valence-corrected chi connectivity index (χ1v) is 7.09. The molecule has 98 valence electrons. The van der Waals surface area contributed by atoms with Crippen LogP contribution in [-0.2, 0) is 0 Å². The number of hydrogen-bond donors (Lipinski definition) is 1. The molecular weight excluding hydrogens is 258 g/mol. The average Bonchev–Trinajstić information content (AvgIpc) is 3.08. The summed E-state index contributed by atoms with van der Waals surface area (Å²) in [6.07, 6.45) is 3.81. The summed E-state index contributed by atoms with van der Waals surface area (Å²) in [5.74, 6) is 0.916.